The molecule has 0 amide bonds. The molecule has 1 unspecified atom stereocenters. The number of nitrogens with one attached hydrogen (secondary N) is 1. The lowest BCUT2D eigenvalue weighted by molar-refractivity contribution is -0.0396. The van der Waals surface area contributed by atoms with Gasteiger partial charge in [-0.25, -0.2) is 14.6 Å². The molecule has 0 bridgehead atoms. The molecule has 3 rings (SSSR count). The topological polar surface area (TPSA) is 64.9 Å². The lowest BCUT2D eigenvalue weighted by Gasteiger charge is -2.22. The Morgan fingerprint density at radius 2 is 2.19 bits per heavy atom. The summed E-state index contributed by atoms with van der Waals surface area (Å²) in [6, 6.07) is 0. The number of rotatable bonds is 4. The third kappa shape index (κ3) is 3.41. The van der Waals surface area contributed by atoms with Crippen molar-refractivity contribution in [3.05, 3.63) is 28.8 Å². The summed E-state index contributed by atoms with van der Waals surface area (Å²) >= 11 is 3.33. The molecule has 0 saturated carbocycles. The first kappa shape index (κ1) is 14.5. The zero-order chi connectivity index (χ0) is 14.7. The first-order valence-corrected chi connectivity index (χ1v) is 7.99. The van der Waals surface area contributed by atoms with Crippen LogP contribution in [-0.4, -0.2) is 26.4 Å². The maximum Gasteiger partial charge on any atom is 0.227 e. The van der Waals surface area contributed by atoms with Gasteiger partial charge in [0.05, 0.1) is 22.1 Å². The van der Waals surface area contributed by atoms with Crippen LogP contribution in [0.2, 0.25) is 0 Å². The molecule has 0 aromatic carbocycles. The molecule has 0 aliphatic carbocycles. The molecule has 7 heteroatoms. The molecule has 3 heterocycles. The third-order valence-corrected chi connectivity index (χ3v) is 3.87. The number of hydrogen-bond acceptors (Lipinski definition) is 5. The maximum absolute atomic E-state index is 5.78. The highest BCUT2D eigenvalue weighted by atomic mass is 79.9. The van der Waals surface area contributed by atoms with Gasteiger partial charge in [0.25, 0.3) is 0 Å². The number of hydrogen-bond donors (Lipinski definition) is 1. The van der Waals surface area contributed by atoms with Crippen molar-refractivity contribution in [1.82, 2.24) is 19.7 Å². The second-order valence-electron chi connectivity index (χ2n) is 4.99. The average molecular weight is 352 g/mol. The summed E-state index contributed by atoms with van der Waals surface area (Å²) in [4.78, 5) is 8.47. The van der Waals surface area contributed by atoms with Crippen molar-refractivity contribution in [3.8, 4) is 0 Å². The Labute approximate surface area is 132 Å². The molecule has 1 fully saturated rings. The van der Waals surface area contributed by atoms with Gasteiger partial charge >= 0.3 is 0 Å². The van der Waals surface area contributed by atoms with Gasteiger partial charge in [0.15, 0.2) is 0 Å². The first-order valence-electron chi connectivity index (χ1n) is 7.20. The van der Waals surface area contributed by atoms with Gasteiger partial charge in [0.2, 0.25) is 5.95 Å². The predicted molar refractivity (Wildman–Crippen MR) is 83.5 cm³/mol. The minimum absolute atomic E-state index is 0.0467. The zero-order valence-electron chi connectivity index (χ0n) is 11.9. The van der Waals surface area contributed by atoms with Gasteiger partial charge in [-0.05, 0) is 41.6 Å². The van der Waals surface area contributed by atoms with Crippen LogP contribution in [0.25, 0.3) is 0 Å². The number of aryl methyl sites for hydroxylation is 1. The van der Waals surface area contributed by atoms with E-state index in [9.17, 15) is 0 Å². The summed E-state index contributed by atoms with van der Waals surface area (Å²) in [6.45, 7) is 2.90. The maximum atomic E-state index is 5.78. The summed E-state index contributed by atoms with van der Waals surface area (Å²) < 4.78 is 8.55. The van der Waals surface area contributed by atoms with Crippen LogP contribution in [0.1, 0.15) is 38.1 Å². The Hall–Kier alpha value is -1.47. The van der Waals surface area contributed by atoms with Crippen LogP contribution in [-0.2, 0) is 11.2 Å². The predicted octanol–water partition coefficient (Wildman–Crippen LogP) is 3.44. The molecule has 21 heavy (non-hydrogen) atoms. The molecule has 1 saturated heterocycles. The van der Waals surface area contributed by atoms with E-state index in [1.807, 2.05) is 10.9 Å². The molecule has 1 atom stereocenters. The summed E-state index contributed by atoms with van der Waals surface area (Å²) in [5.74, 6) is 0.567. The van der Waals surface area contributed by atoms with Crippen molar-refractivity contribution in [1.29, 1.82) is 0 Å². The Morgan fingerprint density at radius 3 is 2.86 bits per heavy atom. The molecule has 1 aliphatic heterocycles. The Morgan fingerprint density at radius 1 is 1.38 bits per heavy atom. The van der Waals surface area contributed by atoms with Gasteiger partial charge < -0.3 is 10.1 Å². The average Bonchev–Trinajstić information content (AvgIpc) is 2.93. The van der Waals surface area contributed by atoms with Gasteiger partial charge in [-0.1, -0.05) is 6.92 Å². The second-order valence-corrected chi connectivity index (χ2v) is 5.91. The third-order valence-electron chi connectivity index (χ3n) is 3.46. The molecule has 2 aromatic heterocycles. The summed E-state index contributed by atoms with van der Waals surface area (Å²) in [7, 11) is 0. The van der Waals surface area contributed by atoms with Crippen molar-refractivity contribution < 1.29 is 4.74 Å². The fourth-order valence-corrected chi connectivity index (χ4v) is 2.58. The normalized spacial score (nSPS) is 18.7. The highest BCUT2D eigenvalue weighted by Gasteiger charge is 2.19. The monoisotopic (exact) mass is 351 g/mol. The Balaban J connectivity index is 1.80. The number of ether oxygens (including phenoxy) is 1. The number of aromatic nitrogens is 4. The van der Waals surface area contributed by atoms with Crippen LogP contribution in [0.3, 0.4) is 0 Å². The number of anilines is 2. The first-order chi connectivity index (χ1) is 10.3. The largest absolute Gasteiger partial charge is 0.357 e. The van der Waals surface area contributed by atoms with E-state index in [0.717, 1.165) is 41.7 Å². The van der Waals surface area contributed by atoms with Gasteiger partial charge in [-0.2, -0.15) is 5.10 Å². The van der Waals surface area contributed by atoms with E-state index in [1.165, 1.54) is 6.42 Å². The lowest BCUT2D eigenvalue weighted by atomic mass is 10.2. The van der Waals surface area contributed by atoms with E-state index in [1.54, 1.807) is 12.4 Å². The van der Waals surface area contributed by atoms with Crippen LogP contribution in [0.15, 0.2) is 23.1 Å². The van der Waals surface area contributed by atoms with Gasteiger partial charge in [0.1, 0.15) is 6.23 Å². The Kier molecular flexibility index (Phi) is 4.50. The van der Waals surface area contributed by atoms with Crippen LogP contribution < -0.4 is 5.32 Å². The van der Waals surface area contributed by atoms with E-state index in [4.69, 9.17) is 4.74 Å². The van der Waals surface area contributed by atoms with Crippen LogP contribution in [0, 0.1) is 0 Å². The summed E-state index contributed by atoms with van der Waals surface area (Å²) in [5.41, 5.74) is 1.93. The van der Waals surface area contributed by atoms with Crippen LogP contribution in [0.4, 0.5) is 11.6 Å². The SMILES string of the molecule is CCc1nn(C2CCCCO2)cc1Nc1ncc(Br)cn1. The van der Waals surface area contributed by atoms with E-state index in [0.29, 0.717) is 5.95 Å². The second kappa shape index (κ2) is 6.53. The van der Waals surface area contributed by atoms with E-state index in [2.05, 4.69) is 43.2 Å². The van der Waals surface area contributed by atoms with Gasteiger partial charge in [-0.3, -0.25) is 0 Å². The summed E-state index contributed by atoms with van der Waals surface area (Å²) in [6.07, 6.45) is 9.65. The molecule has 0 radical (unpaired) electrons. The van der Waals surface area contributed by atoms with Crippen molar-refractivity contribution in [3.63, 3.8) is 0 Å². The van der Waals surface area contributed by atoms with Gasteiger partial charge in [-0.15, -0.1) is 0 Å². The number of nitrogens with zero attached hydrogens (tertiary/aromatic N) is 4. The standard InChI is InChI=1S/C14H18BrN5O/c1-2-11-12(18-14-16-7-10(15)8-17-14)9-20(19-11)13-5-3-4-6-21-13/h7-9,13H,2-6H2,1H3,(H,16,17,18). The molecule has 2 aromatic rings. The minimum atomic E-state index is 0.0467. The Bertz CT molecular complexity index is 592. The minimum Gasteiger partial charge on any atom is -0.357 e. The molecule has 6 nitrogen and oxygen atoms in total. The van der Waals surface area contributed by atoms with Gasteiger partial charge in [0, 0.05) is 19.0 Å². The number of halogens is 1. The summed E-state index contributed by atoms with van der Waals surface area (Å²) in [5, 5.41) is 7.86. The molecule has 1 N–H and O–H groups in total. The smallest absolute Gasteiger partial charge is 0.227 e. The molecular weight excluding hydrogens is 334 g/mol. The highest BCUT2D eigenvalue weighted by Crippen LogP contribution is 2.26. The highest BCUT2D eigenvalue weighted by molar-refractivity contribution is 9.10. The molecule has 1 aliphatic rings. The van der Waals surface area contributed by atoms with Crippen LogP contribution in [0.5, 0.6) is 0 Å². The van der Waals surface area contributed by atoms with E-state index >= 15 is 0 Å². The fraction of sp³-hybridized carbons (Fsp3) is 0.500. The zero-order valence-corrected chi connectivity index (χ0v) is 13.5. The van der Waals surface area contributed by atoms with Crippen molar-refractivity contribution in [2.24, 2.45) is 0 Å². The van der Waals surface area contributed by atoms with E-state index < -0.39 is 0 Å². The van der Waals surface area contributed by atoms with Crippen LogP contribution >= 0.6 is 15.9 Å². The van der Waals surface area contributed by atoms with Crippen molar-refractivity contribution >= 4 is 27.6 Å². The lowest BCUT2D eigenvalue weighted by Crippen LogP contribution is -2.18. The fourth-order valence-electron chi connectivity index (χ4n) is 2.37. The van der Waals surface area contributed by atoms with Crippen molar-refractivity contribution in [2.75, 3.05) is 11.9 Å². The quantitative estimate of drug-likeness (QED) is 0.913. The van der Waals surface area contributed by atoms with E-state index in [-0.39, 0.29) is 6.23 Å². The molecule has 0 spiro atoms. The molecule has 112 valence electrons. The molecular formula is C14H18BrN5O. The van der Waals surface area contributed by atoms with Crippen molar-refractivity contribution in [2.45, 2.75) is 38.8 Å².